The fourth-order valence-electron chi connectivity index (χ4n) is 3.52. The van der Waals surface area contributed by atoms with Gasteiger partial charge in [0.1, 0.15) is 0 Å². The summed E-state index contributed by atoms with van der Waals surface area (Å²) in [4.78, 5) is 19.6. The Morgan fingerprint density at radius 2 is 1.78 bits per heavy atom. The van der Waals surface area contributed by atoms with Crippen molar-refractivity contribution in [2.24, 2.45) is 0 Å². The van der Waals surface area contributed by atoms with Gasteiger partial charge in [-0.15, -0.1) is 0 Å². The number of hydrogen-bond donors (Lipinski definition) is 0. The number of hydrogen-bond acceptors (Lipinski definition) is 3. The lowest BCUT2D eigenvalue weighted by molar-refractivity contribution is 0.0294. The third-order valence-electron chi connectivity index (χ3n) is 4.79. The average Bonchev–Trinajstić information content (AvgIpc) is 2.49. The second-order valence-electron chi connectivity index (χ2n) is 7.12. The molecule has 4 nitrogen and oxygen atoms in total. The lowest BCUT2D eigenvalue weighted by Gasteiger charge is -2.44. The summed E-state index contributed by atoms with van der Waals surface area (Å²) in [5.41, 5.74) is 1.90. The van der Waals surface area contributed by atoms with Gasteiger partial charge in [0.15, 0.2) is 0 Å². The topological polar surface area (TPSA) is 26.8 Å². The summed E-state index contributed by atoms with van der Waals surface area (Å²) in [5.74, 6) is 0.176. The molecule has 1 heterocycles. The van der Waals surface area contributed by atoms with Crippen molar-refractivity contribution in [2.45, 2.75) is 39.3 Å². The summed E-state index contributed by atoms with van der Waals surface area (Å²) in [6.45, 7) is 10.3. The van der Waals surface area contributed by atoms with Crippen LogP contribution in [0.4, 0.5) is 0 Å². The van der Waals surface area contributed by atoms with E-state index in [1.165, 1.54) is 6.42 Å². The van der Waals surface area contributed by atoms with Gasteiger partial charge in [0.05, 0.1) is 0 Å². The van der Waals surface area contributed by atoms with Crippen molar-refractivity contribution in [1.82, 2.24) is 14.7 Å². The number of piperazine rings is 1. The minimum atomic E-state index is 0.176. The van der Waals surface area contributed by atoms with Crippen LogP contribution in [0.1, 0.15) is 36.2 Å². The molecule has 1 aliphatic rings. The molecular formula is C19H31N3O. The van der Waals surface area contributed by atoms with Crippen LogP contribution < -0.4 is 0 Å². The summed E-state index contributed by atoms with van der Waals surface area (Å²) in [6.07, 6.45) is 1.17. The summed E-state index contributed by atoms with van der Waals surface area (Å²) in [6, 6.07) is 8.71. The highest BCUT2D eigenvalue weighted by atomic mass is 16.2. The van der Waals surface area contributed by atoms with Gasteiger partial charge in [0.25, 0.3) is 5.91 Å². The second-order valence-corrected chi connectivity index (χ2v) is 7.12. The van der Waals surface area contributed by atoms with Crippen molar-refractivity contribution in [2.75, 3.05) is 40.3 Å². The number of rotatable bonds is 5. The zero-order chi connectivity index (χ0) is 17.0. The van der Waals surface area contributed by atoms with E-state index in [-0.39, 0.29) is 5.91 Å². The molecule has 0 bridgehead atoms. The van der Waals surface area contributed by atoms with Gasteiger partial charge in [0, 0.05) is 37.3 Å². The van der Waals surface area contributed by atoms with E-state index in [2.05, 4.69) is 37.7 Å². The van der Waals surface area contributed by atoms with Gasteiger partial charge in [-0.2, -0.15) is 0 Å². The highest BCUT2D eigenvalue weighted by Crippen LogP contribution is 2.19. The normalized spacial score (nSPS) is 22.6. The highest BCUT2D eigenvalue weighted by Gasteiger charge is 2.32. The molecule has 2 atom stereocenters. The lowest BCUT2D eigenvalue weighted by atomic mass is 10.0. The summed E-state index contributed by atoms with van der Waals surface area (Å²) in [5, 5.41) is 0. The van der Waals surface area contributed by atoms with Crippen LogP contribution in [0.3, 0.4) is 0 Å². The maximum absolute atomic E-state index is 12.8. The SMILES string of the molecule is Cc1ccccc1C(=O)N1CC(C)N(CCCN(C)C)C(C)C1. The molecule has 0 aromatic heterocycles. The Morgan fingerprint density at radius 1 is 1.17 bits per heavy atom. The molecule has 0 saturated carbocycles. The van der Waals surface area contributed by atoms with E-state index in [1.807, 2.05) is 36.1 Å². The minimum Gasteiger partial charge on any atom is -0.336 e. The van der Waals surface area contributed by atoms with Gasteiger partial charge in [-0.1, -0.05) is 18.2 Å². The van der Waals surface area contributed by atoms with E-state index in [9.17, 15) is 4.79 Å². The van der Waals surface area contributed by atoms with Crippen LogP contribution in [-0.2, 0) is 0 Å². The van der Waals surface area contributed by atoms with Gasteiger partial charge >= 0.3 is 0 Å². The lowest BCUT2D eigenvalue weighted by Crippen LogP contribution is -2.58. The largest absolute Gasteiger partial charge is 0.336 e. The second kappa shape index (κ2) is 7.93. The van der Waals surface area contributed by atoms with Crippen LogP contribution in [0.5, 0.6) is 0 Å². The van der Waals surface area contributed by atoms with Crippen molar-refractivity contribution in [1.29, 1.82) is 0 Å². The van der Waals surface area contributed by atoms with E-state index < -0.39 is 0 Å². The quantitative estimate of drug-likeness (QED) is 0.835. The maximum atomic E-state index is 12.8. The molecule has 4 heteroatoms. The molecule has 1 saturated heterocycles. The predicted molar refractivity (Wildman–Crippen MR) is 95.9 cm³/mol. The van der Waals surface area contributed by atoms with Crippen molar-refractivity contribution in [3.8, 4) is 0 Å². The fourth-order valence-corrected chi connectivity index (χ4v) is 3.52. The molecule has 2 unspecified atom stereocenters. The monoisotopic (exact) mass is 317 g/mol. The van der Waals surface area contributed by atoms with Crippen molar-refractivity contribution in [3.63, 3.8) is 0 Å². The summed E-state index contributed by atoms with van der Waals surface area (Å²) in [7, 11) is 4.23. The van der Waals surface area contributed by atoms with E-state index in [4.69, 9.17) is 0 Å². The molecule has 1 aromatic carbocycles. The first-order valence-corrected chi connectivity index (χ1v) is 8.65. The molecule has 1 amide bonds. The number of carbonyl (C=O) groups excluding carboxylic acids is 1. The number of amides is 1. The molecule has 1 fully saturated rings. The van der Waals surface area contributed by atoms with Crippen LogP contribution in [0.25, 0.3) is 0 Å². The van der Waals surface area contributed by atoms with Gasteiger partial charge < -0.3 is 9.80 Å². The van der Waals surface area contributed by atoms with Crippen LogP contribution in [0.2, 0.25) is 0 Å². The standard InChI is InChI=1S/C19H31N3O/c1-15-9-6-7-10-18(15)19(23)21-13-16(2)22(17(3)14-21)12-8-11-20(4)5/h6-7,9-10,16-17H,8,11-14H2,1-5H3. The molecule has 1 aromatic rings. The van der Waals surface area contributed by atoms with E-state index in [0.717, 1.165) is 37.3 Å². The number of benzene rings is 1. The molecule has 23 heavy (non-hydrogen) atoms. The first-order valence-electron chi connectivity index (χ1n) is 8.65. The Bertz CT molecular complexity index is 517. The smallest absolute Gasteiger partial charge is 0.254 e. The van der Waals surface area contributed by atoms with Crippen LogP contribution in [0.15, 0.2) is 24.3 Å². The number of nitrogens with zero attached hydrogens (tertiary/aromatic N) is 3. The highest BCUT2D eigenvalue weighted by molar-refractivity contribution is 5.95. The van der Waals surface area contributed by atoms with Crippen LogP contribution >= 0.6 is 0 Å². The van der Waals surface area contributed by atoms with E-state index in [0.29, 0.717) is 12.1 Å². The first-order chi connectivity index (χ1) is 10.9. The minimum absolute atomic E-state index is 0.176. The molecule has 0 spiro atoms. The Hall–Kier alpha value is -1.39. The molecule has 0 aliphatic carbocycles. The van der Waals surface area contributed by atoms with Gasteiger partial charge in [-0.25, -0.2) is 0 Å². The zero-order valence-corrected chi connectivity index (χ0v) is 15.2. The fraction of sp³-hybridized carbons (Fsp3) is 0.632. The molecule has 0 radical (unpaired) electrons. The summed E-state index contributed by atoms with van der Waals surface area (Å²) < 4.78 is 0. The van der Waals surface area contributed by atoms with Gasteiger partial charge in [-0.3, -0.25) is 9.69 Å². The predicted octanol–water partition coefficient (Wildman–Crippen LogP) is 2.48. The Morgan fingerprint density at radius 3 is 2.35 bits per heavy atom. The number of carbonyl (C=O) groups is 1. The van der Waals surface area contributed by atoms with E-state index >= 15 is 0 Å². The van der Waals surface area contributed by atoms with Crippen molar-refractivity contribution < 1.29 is 4.79 Å². The Kier molecular flexibility index (Phi) is 6.19. The average molecular weight is 317 g/mol. The third-order valence-corrected chi connectivity index (χ3v) is 4.79. The summed E-state index contributed by atoms with van der Waals surface area (Å²) >= 11 is 0. The first kappa shape index (κ1) is 18.0. The Labute approximate surface area is 141 Å². The third kappa shape index (κ3) is 4.55. The van der Waals surface area contributed by atoms with Crippen molar-refractivity contribution in [3.05, 3.63) is 35.4 Å². The van der Waals surface area contributed by atoms with Gasteiger partial charge in [-0.05, 0) is 59.5 Å². The van der Waals surface area contributed by atoms with Gasteiger partial charge in [0.2, 0.25) is 0 Å². The van der Waals surface area contributed by atoms with Crippen LogP contribution in [0, 0.1) is 6.92 Å². The maximum Gasteiger partial charge on any atom is 0.254 e. The molecule has 1 aliphatic heterocycles. The van der Waals surface area contributed by atoms with E-state index in [1.54, 1.807) is 0 Å². The molecule has 0 N–H and O–H groups in total. The molecule has 128 valence electrons. The molecular weight excluding hydrogens is 286 g/mol. The number of aryl methyl sites for hydroxylation is 1. The Balaban J connectivity index is 1.98. The van der Waals surface area contributed by atoms with Crippen molar-refractivity contribution >= 4 is 5.91 Å². The molecule has 2 rings (SSSR count). The zero-order valence-electron chi connectivity index (χ0n) is 15.2. The van der Waals surface area contributed by atoms with Crippen LogP contribution in [-0.4, -0.2) is 73.0 Å².